The number of benzene rings is 1. The number of nitrogens with zero attached hydrogens (tertiary/aromatic N) is 3. The summed E-state index contributed by atoms with van der Waals surface area (Å²) in [6.07, 6.45) is -5.14. The van der Waals surface area contributed by atoms with Gasteiger partial charge < -0.3 is 68.9 Å². The summed E-state index contributed by atoms with van der Waals surface area (Å²) in [5, 5.41) is 69.7. The molecule has 0 bridgehead atoms. The summed E-state index contributed by atoms with van der Waals surface area (Å²) >= 11 is 0. The zero-order valence-corrected chi connectivity index (χ0v) is 43.9. The predicted octanol–water partition coefficient (Wildman–Crippen LogP) is 3.01. The van der Waals surface area contributed by atoms with Gasteiger partial charge in [0.2, 0.25) is 5.91 Å². The molecule has 19 heteroatoms. The molecule has 1 unspecified atom stereocenters. The number of ether oxygens (including phenoxy) is 6. The van der Waals surface area contributed by atoms with E-state index in [0.29, 0.717) is 29.8 Å². The molecule has 2 saturated heterocycles. The molecule has 70 heavy (non-hydrogen) atoms. The highest BCUT2D eigenvalue weighted by Crippen LogP contribution is 2.42. The van der Waals surface area contributed by atoms with Gasteiger partial charge in [-0.25, -0.2) is 4.79 Å². The normalized spacial score (nSPS) is 34.0. The maximum atomic E-state index is 13.7. The van der Waals surface area contributed by atoms with Crippen LogP contribution in [0.15, 0.2) is 11.6 Å². The van der Waals surface area contributed by atoms with Crippen molar-refractivity contribution in [2.24, 2.45) is 17.8 Å². The number of cyclic esters (lactones) is 2. The zero-order valence-electron chi connectivity index (χ0n) is 43.9. The average Bonchev–Trinajstić information content (AvgIpc) is 3.69. The Labute approximate surface area is 414 Å². The lowest BCUT2D eigenvalue weighted by atomic mass is 9.78. The molecule has 1 amide bonds. The van der Waals surface area contributed by atoms with E-state index in [4.69, 9.17) is 28.4 Å². The first-order chi connectivity index (χ1) is 32.6. The van der Waals surface area contributed by atoms with E-state index in [2.05, 4.69) is 0 Å². The van der Waals surface area contributed by atoms with Gasteiger partial charge in [0, 0.05) is 49.6 Å². The summed E-state index contributed by atoms with van der Waals surface area (Å²) in [5.74, 6) is -4.17. The molecule has 1 aromatic carbocycles. The largest absolute Gasteiger partial charge is 0.507 e. The van der Waals surface area contributed by atoms with E-state index in [1.54, 1.807) is 60.7 Å². The minimum absolute atomic E-state index is 0.0229. The van der Waals surface area contributed by atoms with Crippen LogP contribution in [0.2, 0.25) is 0 Å². The van der Waals surface area contributed by atoms with Crippen LogP contribution >= 0.6 is 0 Å². The first kappa shape index (κ1) is 58.6. The number of phenolic OH excluding ortho intramolecular Hbond substituents is 1. The van der Waals surface area contributed by atoms with Gasteiger partial charge in [-0.2, -0.15) is 0 Å². The Morgan fingerprint density at radius 1 is 1.01 bits per heavy atom. The maximum absolute atomic E-state index is 13.7. The molecule has 0 aliphatic carbocycles. The van der Waals surface area contributed by atoms with Crippen molar-refractivity contribution in [1.82, 2.24) is 14.7 Å². The molecular formula is C51H83N3O16. The van der Waals surface area contributed by atoms with Crippen molar-refractivity contribution in [3.8, 4) is 11.5 Å². The molecule has 1 aromatic rings. The third kappa shape index (κ3) is 13.8. The minimum Gasteiger partial charge on any atom is -0.507 e. The van der Waals surface area contributed by atoms with Gasteiger partial charge >= 0.3 is 17.9 Å². The molecule has 6 N–H and O–H groups in total. The number of fused-ring (bicyclic) bond motifs is 1. The zero-order chi connectivity index (χ0) is 52.7. The van der Waals surface area contributed by atoms with E-state index in [1.807, 2.05) is 31.7 Å². The molecule has 2 fully saturated rings. The Morgan fingerprint density at radius 2 is 1.67 bits per heavy atom. The Bertz CT molecular complexity index is 2010. The lowest BCUT2D eigenvalue weighted by molar-refractivity contribution is -0.299. The number of likely N-dealkylation sites (N-methyl/N-ethyl adjacent to an activating group) is 3. The number of hydrogen-bond acceptors (Lipinski definition) is 18. The van der Waals surface area contributed by atoms with Crippen LogP contribution < -0.4 is 4.74 Å². The number of rotatable bonds is 15. The fourth-order valence-electron chi connectivity index (χ4n) is 10.3. The lowest BCUT2D eigenvalue weighted by Gasteiger charge is -2.47. The van der Waals surface area contributed by atoms with Crippen LogP contribution in [0, 0.1) is 24.7 Å². The lowest BCUT2D eigenvalue weighted by Crippen LogP contribution is -2.60. The van der Waals surface area contributed by atoms with E-state index in [9.17, 15) is 49.8 Å². The second-order valence-electron chi connectivity index (χ2n) is 20.8. The van der Waals surface area contributed by atoms with Gasteiger partial charge in [-0.1, -0.05) is 32.4 Å². The molecule has 3 heterocycles. The SMILES string of the molecule is CC[C@H]1OC(=O)[C@H](C)[C@@H](O)[C@H](C)[C@@H](O[C@@H]2O[C@H](C)CC(N(C)C(=O)CN(C)CCOC(=O)CC/C(C)=C/Cc3c(O)c4c(c(C)c3OC)COC4=O)[C@H]2O)[C@](C)(O)C[C@@H](C)CN(C)[C@H](C)[C@@H](O)[C@]1(C)O. The number of amides is 1. The molecule has 0 aromatic heterocycles. The van der Waals surface area contributed by atoms with Crippen molar-refractivity contribution in [3.05, 3.63) is 33.9 Å². The van der Waals surface area contributed by atoms with Gasteiger partial charge in [0.25, 0.3) is 0 Å². The Balaban J connectivity index is 1.37. The Morgan fingerprint density at radius 3 is 2.30 bits per heavy atom. The van der Waals surface area contributed by atoms with E-state index >= 15 is 0 Å². The number of phenols is 1. The van der Waals surface area contributed by atoms with Crippen molar-refractivity contribution in [1.29, 1.82) is 0 Å². The fourth-order valence-corrected chi connectivity index (χ4v) is 10.3. The van der Waals surface area contributed by atoms with Crippen molar-refractivity contribution in [2.45, 2.75) is 181 Å². The van der Waals surface area contributed by atoms with Gasteiger partial charge in [0.15, 0.2) is 6.29 Å². The van der Waals surface area contributed by atoms with Crippen LogP contribution in [-0.4, -0.2) is 190 Å². The topological polar surface area (TPSA) is 255 Å². The van der Waals surface area contributed by atoms with E-state index in [0.717, 1.165) is 11.1 Å². The number of carbonyl (C=O) groups excluding carboxylic acids is 4. The summed E-state index contributed by atoms with van der Waals surface area (Å²) in [7, 11) is 6.57. The molecule has 3 aliphatic heterocycles. The molecule has 4 rings (SSSR count). The molecule has 0 spiro atoms. The Hall–Kier alpha value is -3.92. The molecule has 19 nitrogen and oxygen atoms in total. The molecule has 0 saturated carbocycles. The summed E-state index contributed by atoms with van der Waals surface area (Å²) in [6.45, 7) is 17.6. The van der Waals surface area contributed by atoms with Crippen LogP contribution in [0.3, 0.4) is 0 Å². The third-order valence-electron chi connectivity index (χ3n) is 14.9. The highest BCUT2D eigenvalue weighted by atomic mass is 16.7. The smallest absolute Gasteiger partial charge is 0.342 e. The molecular weight excluding hydrogens is 911 g/mol. The fraction of sp³-hybridized carbons (Fsp3) is 0.765. The quantitative estimate of drug-likeness (QED) is 0.0839. The molecule has 3 aliphatic rings. The summed E-state index contributed by atoms with van der Waals surface area (Å²) in [6, 6.07) is -1.36. The second-order valence-corrected chi connectivity index (χ2v) is 20.8. The molecule has 14 atom stereocenters. The summed E-state index contributed by atoms with van der Waals surface area (Å²) in [5.41, 5.74) is -0.695. The van der Waals surface area contributed by atoms with Crippen molar-refractivity contribution in [3.63, 3.8) is 0 Å². The van der Waals surface area contributed by atoms with Gasteiger partial charge in [-0.05, 0) is 106 Å². The van der Waals surface area contributed by atoms with Crippen LogP contribution in [0.5, 0.6) is 11.5 Å². The number of aliphatic hydroxyl groups excluding tert-OH is 3. The van der Waals surface area contributed by atoms with Crippen molar-refractivity contribution >= 4 is 23.8 Å². The predicted molar refractivity (Wildman–Crippen MR) is 258 cm³/mol. The summed E-state index contributed by atoms with van der Waals surface area (Å²) < 4.78 is 34.6. The number of esters is 3. The van der Waals surface area contributed by atoms with Gasteiger partial charge in [-0.3, -0.25) is 19.3 Å². The van der Waals surface area contributed by atoms with Gasteiger partial charge in [0.05, 0.1) is 49.5 Å². The average molecular weight is 994 g/mol. The molecule has 398 valence electrons. The first-order valence-electron chi connectivity index (χ1n) is 24.6. The van der Waals surface area contributed by atoms with Crippen molar-refractivity contribution in [2.75, 3.05) is 54.5 Å². The highest BCUT2D eigenvalue weighted by molar-refractivity contribution is 5.98. The number of hydrogen-bond donors (Lipinski definition) is 6. The summed E-state index contributed by atoms with van der Waals surface area (Å²) in [4.78, 5) is 57.3. The monoisotopic (exact) mass is 994 g/mol. The number of methoxy groups -OCH3 is 1. The van der Waals surface area contributed by atoms with E-state index in [-0.39, 0.29) is 81.5 Å². The third-order valence-corrected chi connectivity index (χ3v) is 14.9. The number of aliphatic hydroxyl groups is 5. The minimum atomic E-state index is -1.83. The maximum Gasteiger partial charge on any atom is 0.342 e. The van der Waals surface area contributed by atoms with Gasteiger partial charge in [-0.15, -0.1) is 0 Å². The van der Waals surface area contributed by atoms with Crippen molar-refractivity contribution < 1.29 is 78.2 Å². The molecule has 0 radical (unpaired) electrons. The highest BCUT2D eigenvalue weighted by Gasteiger charge is 2.50. The van der Waals surface area contributed by atoms with Gasteiger partial charge in [0.1, 0.15) is 54.2 Å². The number of aromatic hydroxyl groups is 1. The van der Waals surface area contributed by atoms with Crippen LogP contribution in [-0.2, 0) is 51.1 Å². The van der Waals surface area contributed by atoms with Crippen LogP contribution in [0.1, 0.15) is 121 Å². The second kappa shape index (κ2) is 24.7. The van der Waals surface area contributed by atoms with Crippen LogP contribution in [0.4, 0.5) is 0 Å². The standard InChI is InChI=1S/C51H83N3O16/c1-15-37-51(10,64)45(60)33(8)53(12)24-28(3)23-50(9,63)46(31(6)41(57)32(7)47(61)69-37)70-49-43(59)36(22-29(4)68-49)54(13)38(55)25-52(11)20-21-66-39(56)19-17-27(2)16-18-34-42(58)40-35(26-67-48(40)62)30(5)44(34)65-14/h16,28-29,31-33,36-37,41,43,45-46,49,57-60,63-64H,15,17-26H2,1-14H3/b27-16+/t28-,29-,31+,32-,33-,36?,37-,41+,43-,45-,46-,49+,50-,51-/m1/s1. The van der Waals surface area contributed by atoms with E-state index in [1.165, 1.54) is 25.9 Å². The van der Waals surface area contributed by atoms with Crippen LogP contribution in [0.25, 0.3) is 0 Å². The van der Waals surface area contributed by atoms with E-state index < -0.39 is 95.9 Å². The number of carbonyl (C=O) groups is 4. The number of allylic oxidation sites excluding steroid dienone is 2. The first-order valence-corrected chi connectivity index (χ1v) is 24.6. The Kier molecular flexibility index (Phi) is 20.7.